The van der Waals surface area contributed by atoms with Crippen LogP contribution in [0.4, 0.5) is 13.2 Å². The van der Waals surface area contributed by atoms with Crippen LogP contribution >= 0.6 is 11.8 Å². The Bertz CT molecular complexity index is 897. The van der Waals surface area contributed by atoms with Crippen molar-refractivity contribution in [2.24, 2.45) is 11.5 Å². The van der Waals surface area contributed by atoms with Gasteiger partial charge in [0.1, 0.15) is 12.4 Å². The molecule has 1 aromatic heterocycles. The van der Waals surface area contributed by atoms with E-state index in [0.717, 1.165) is 17.3 Å². The summed E-state index contributed by atoms with van der Waals surface area (Å²) in [7, 11) is 0. The first-order chi connectivity index (χ1) is 13.3. The van der Waals surface area contributed by atoms with Gasteiger partial charge in [-0.2, -0.15) is 16.9 Å². The molecule has 1 amide bonds. The molecule has 2 aromatic rings. The van der Waals surface area contributed by atoms with E-state index in [1.807, 2.05) is 6.20 Å². The molecule has 3 heterocycles. The molecule has 0 bridgehead atoms. The van der Waals surface area contributed by atoms with Gasteiger partial charge in [0.15, 0.2) is 11.6 Å². The summed E-state index contributed by atoms with van der Waals surface area (Å²) in [6.45, 7) is 1.36. The Labute approximate surface area is 164 Å². The van der Waals surface area contributed by atoms with Gasteiger partial charge in [-0.1, -0.05) is 0 Å². The van der Waals surface area contributed by atoms with Crippen LogP contribution in [0.2, 0.25) is 0 Å². The highest BCUT2D eigenvalue weighted by Crippen LogP contribution is 2.42. The Morgan fingerprint density at radius 1 is 1.29 bits per heavy atom. The fraction of sp³-hybridized carbons (Fsp3) is 0.444. The zero-order valence-electron chi connectivity index (χ0n) is 14.9. The maximum atomic E-state index is 14.1. The van der Waals surface area contributed by atoms with E-state index in [2.05, 4.69) is 10.00 Å². The number of thioether (sulfide) groups is 1. The lowest BCUT2D eigenvalue weighted by molar-refractivity contribution is -0.118. The van der Waals surface area contributed by atoms with Gasteiger partial charge in [-0.3, -0.25) is 14.4 Å². The lowest BCUT2D eigenvalue weighted by Crippen LogP contribution is -2.44. The number of aromatic nitrogens is 2. The van der Waals surface area contributed by atoms with Crippen molar-refractivity contribution in [2.75, 3.05) is 5.75 Å². The summed E-state index contributed by atoms with van der Waals surface area (Å²) in [5.41, 5.74) is 13.4. The number of carbonyl (C=O) groups is 1. The molecule has 28 heavy (non-hydrogen) atoms. The number of carbonyl (C=O) groups excluding carboxylic acids is 1. The molecule has 1 unspecified atom stereocenters. The van der Waals surface area contributed by atoms with Crippen LogP contribution in [0.25, 0.3) is 0 Å². The first-order valence-electron chi connectivity index (χ1n) is 8.91. The smallest absolute Gasteiger partial charge is 0.239 e. The molecule has 1 saturated heterocycles. The number of rotatable bonds is 4. The third-order valence-corrected chi connectivity index (χ3v) is 6.75. The minimum atomic E-state index is -1.19. The number of nitrogens with zero attached hydrogens (tertiary/aromatic N) is 3. The van der Waals surface area contributed by atoms with Gasteiger partial charge in [-0.15, -0.1) is 0 Å². The molecule has 1 fully saturated rings. The van der Waals surface area contributed by atoms with Crippen molar-refractivity contribution in [1.29, 1.82) is 0 Å². The summed E-state index contributed by atoms with van der Waals surface area (Å²) < 4.78 is 42.8. The Kier molecular flexibility index (Phi) is 5.11. The van der Waals surface area contributed by atoms with E-state index in [0.29, 0.717) is 31.3 Å². The SMILES string of the molecule is NC(=O)Cn1cc2c(n1)CN([C@H]1CSC(c3cc(F)cc(F)c3F)[C@@H](N)C1)C2. The van der Waals surface area contributed by atoms with Crippen LogP contribution in [0, 0.1) is 17.5 Å². The summed E-state index contributed by atoms with van der Waals surface area (Å²) in [6, 6.07) is 1.29. The Morgan fingerprint density at radius 3 is 2.75 bits per heavy atom. The van der Waals surface area contributed by atoms with Gasteiger partial charge >= 0.3 is 0 Å². The first kappa shape index (κ1) is 19.3. The number of primary amides is 1. The van der Waals surface area contributed by atoms with E-state index >= 15 is 0 Å². The van der Waals surface area contributed by atoms with Crippen molar-refractivity contribution >= 4 is 17.7 Å². The fourth-order valence-electron chi connectivity index (χ4n) is 3.94. The maximum Gasteiger partial charge on any atom is 0.239 e. The van der Waals surface area contributed by atoms with Crippen LogP contribution in [-0.4, -0.2) is 38.4 Å². The van der Waals surface area contributed by atoms with Gasteiger partial charge in [0.2, 0.25) is 5.91 Å². The van der Waals surface area contributed by atoms with E-state index in [1.165, 1.54) is 11.8 Å². The third kappa shape index (κ3) is 3.63. The highest BCUT2D eigenvalue weighted by molar-refractivity contribution is 7.99. The second kappa shape index (κ2) is 7.41. The summed E-state index contributed by atoms with van der Waals surface area (Å²) in [6.07, 6.45) is 2.41. The number of halogens is 3. The summed E-state index contributed by atoms with van der Waals surface area (Å²) in [5.74, 6) is -2.80. The molecule has 0 saturated carbocycles. The number of amides is 1. The average Bonchev–Trinajstić information content (AvgIpc) is 3.16. The van der Waals surface area contributed by atoms with E-state index < -0.39 is 34.7 Å². The fourth-order valence-corrected chi connectivity index (χ4v) is 5.42. The van der Waals surface area contributed by atoms with Crippen LogP contribution in [-0.2, 0) is 24.4 Å². The van der Waals surface area contributed by atoms with Crippen molar-refractivity contribution in [1.82, 2.24) is 14.7 Å². The average molecular weight is 411 g/mol. The zero-order chi connectivity index (χ0) is 20.0. The van der Waals surface area contributed by atoms with Crippen molar-refractivity contribution in [2.45, 2.75) is 43.4 Å². The molecule has 2 aliphatic rings. The van der Waals surface area contributed by atoms with E-state index in [1.54, 1.807) is 4.68 Å². The highest BCUT2D eigenvalue weighted by atomic mass is 32.2. The van der Waals surface area contributed by atoms with Gasteiger partial charge in [0.05, 0.1) is 5.69 Å². The molecule has 150 valence electrons. The lowest BCUT2D eigenvalue weighted by atomic mass is 9.98. The molecule has 4 rings (SSSR count). The minimum absolute atomic E-state index is 0.0130. The van der Waals surface area contributed by atoms with Crippen LogP contribution in [0.1, 0.15) is 28.5 Å². The highest BCUT2D eigenvalue weighted by Gasteiger charge is 2.37. The number of benzene rings is 1. The molecule has 2 aliphatic heterocycles. The van der Waals surface area contributed by atoms with E-state index in [4.69, 9.17) is 11.5 Å². The quantitative estimate of drug-likeness (QED) is 0.747. The van der Waals surface area contributed by atoms with Crippen molar-refractivity contribution in [3.63, 3.8) is 0 Å². The summed E-state index contributed by atoms with van der Waals surface area (Å²) in [5, 5.41) is 3.90. The second-order valence-corrected chi connectivity index (χ2v) is 8.44. The molecule has 1 aromatic carbocycles. The van der Waals surface area contributed by atoms with Gasteiger partial charge in [0, 0.05) is 59.6 Å². The topological polar surface area (TPSA) is 90.2 Å². The number of fused-ring (bicyclic) bond motifs is 1. The third-order valence-electron chi connectivity index (χ3n) is 5.21. The summed E-state index contributed by atoms with van der Waals surface area (Å²) >= 11 is 1.42. The second-order valence-electron chi connectivity index (χ2n) is 7.27. The van der Waals surface area contributed by atoms with Crippen LogP contribution in [0.15, 0.2) is 18.3 Å². The first-order valence-corrected chi connectivity index (χ1v) is 9.96. The van der Waals surface area contributed by atoms with Crippen LogP contribution < -0.4 is 11.5 Å². The molecule has 3 atom stereocenters. The van der Waals surface area contributed by atoms with Gasteiger partial charge in [0.25, 0.3) is 0 Å². The number of hydrogen-bond donors (Lipinski definition) is 2. The van der Waals surface area contributed by atoms with E-state index in [-0.39, 0.29) is 18.2 Å². The minimum Gasteiger partial charge on any atom is -0.368 e. The normalized spacial score (nSPS) is 25.1. The Morgan fingerprint density at radius 2 is 2.07 bits per heavy atom. The predicted octanol–water partition coefficient (Wildman–Crippen LogP) is 1.68. The van der Waals surface area contributed by atoms with Gasteiger partial charge in [-0.05, 0) is 12.5 Å². The summed E-state index contributed by atoms with van der Waals surface area (Å²) in [4.78, 5) is 13.3. The standard InChI is InChI=1S/C18H20F3N5OS/c19-10-1-12(17(21)13(20)2-10)18-14(22)3-11(8-28-18)25-4-9-5-26(7-16(23)27)24-15(9)6-25/h1-2,5,11,14,18H,3-4,6-8,22H2,(H2,23,27)/t11-,14+,18?/m1/s1. The van der Waals surface area contributed by atoms with Crippen molar-refractivity contribution < 1.29 is 18.0 Å². The molecule has 10 heteroatoms. The predicted molar refractivity (Wildman–Crippen MR) is 98.6 cm³/mol. The zero-order valence-corrected chi connectivity index (χ0v) is 15.8. The van der Waals surface area contributed by atoms with Crippen LogP contribution in [0.3, 0.4) is 0 Å². The van der Waals surface area contributed by atoms with Crippen molar-refractivity contribution in [3.05, 3.63) is 52.6 Å². The van der Waals surface area contributed by atoms with Crippen LogP contribution in [0.5, 0.6) is 0 Å². The maximum absolute atomic E-state index is 14.1. The monoisotopic (exact) mass is 411 g/mol. The molecular formula is C18H20F3N5OS. The lowest BCUT2D eigenvalue weighted by Gasteiger charge is -2.38. The number of hydrogen-bond acceptors (Lipinski definition) is 5. The Balaban J connectivity index is 1.42. The molecule has 0 radical (unpaired) electrons. The van der Waals surface area contributed by atoms with Gasteiger partial charge in [-0.25, -0.2) is 13.2 Å². The Hall–Kier alpha value is -2.04. The van der Waals surface area contributed by atoms with Crippen molar-refractivity contribution in [3.8, 4) is 0 Å². The van der Waals surface area contributed by atoms with Gasteiger partial charge < -0.3 is 11.5 Å². The van der Waals surface area contributed by atoms with E-state index in [9.17, 15) is 18.0 Å². The molecular weight excluding hydrogens is 391 g/mol. The molecule has 0 aliphatic carbocycles. The number of nitrogens with two attached hydrogens (primary N) is 2. The molecule has 0 spiro atoms. The molecule has 6 nitrogen and oxygen atoms in total. The largest absolute Gasteiger partial charge is 0.368 e. The molecule has 4 N–H and O–H groups in total.